The van der Waals surface area contributed by atoms with Crippen LogP contribution in [0.1, 0.15) is 0 Å². The summed E-state index contributed by atoms with van der Waals surface area (Å²) in [6, 6.07) is 6.43. The van der Waals surface area contributed by atoms with Gasteiger partial charge in [-0.2, -0.15) is 0 Å². The summed E-state index contributed by atoms with van der Waals surface area (Å²) in [6.07, 6.45) is 4.07. The number of nitrogens with one attached hydrogen (secondary N) is 1. The lowest BCUT2D eigenvalue weighted by molar-refractivity contribution is 0.401. The van der Waals surface area contributed by atoms with E-state index in [1.165, 1.54) is 19.4 Å². The number of fused-ring (bicyclic) bond motifs is 1. The molecule has 0 atom stereocenters. The number of benzene rings is 2. The third-order valence-corrected chi connectivity index (χ3v) is 5.41. The molecule has 2 heterocycles. The third kappa shape index (κ3) is 4.44. The van der Waals surface area contributed by atoms with E-state index in [1.807, 2.05) is 0 Å². The number of rotatable bonds is 6. The highest BCUT2D eigenvalue weighted by Gasteiger charge is 2.21. The first-order valence-corrected chi connectivity index (χ1v) is 11.4. The van der Waals surface area contributed by atoms with Crippen molar-refractivity contribution in [1.29, 1.82) is 0 Å². The molecule has 1 N–H and O–H groups in total. The van der Waals surface area contributed by atoms with Gasteiger partial charge in [-0.05, 0) is 24.3 Å². The average molecular weight is 477 g/mol. The fourth-order valence-electron chi connectivity index (χ4n) is 3.49. The van der Waals surface area contributed by atoms with E-state index in [4.69, 9.17) is 9.47 Å². The third-order valence-electron chi connectivity index (χ3n) is 4.82. The van der Waals surface area contributed by atoms with Crippen molar-refractivity contribution in [2.24, 2.45) is 7.05 Å². The van der Waals surface area contributed by atoms with Crippen LogP contribution in [-0.4, -0.2) is 31.3 Å². The van der Waals surface area contributed by atoms with E-state index >= 15 is 4.39 Å². The van der Waals surface area contributed by atoms with E-state index in [-0.39, 0.29) is 17.0 Å². The Balaban J connectivity index is 1.90. The zero-order valence-corrected chi connectivity index (χ0v) is 18.5. The minimum atomic E-state index is -3.81. The highest BCUT2D eigenvalue weighted by molar-refractivity contribution is 7.92. The van der Waals surface area contributed by atoms with Gasteiger partial charge < -0.3 is 14.0 Å². The zero-order chi connectivity index (χ0) is 23.9. The highest BCUT2D eigenvalue weighted by atomic mass is 32.2. The fourth-order valence-corrected chi connectivity index (χ4v) is 4.05. The predicted molar refractivity (Wildman–Crippen MR) is 118 cm³/mol. The first kappa shape index (κ1) is 22.5. The van der Waals surface area contributed by atoms with E-state index in [0.29, 0.717) is 28.4 Å². The number of sulfonamides is 1. The summed E-state index contributed by atoms with van der Waals surface area (Å²) in [5.74, 6) is -2.97. The summed E-state index contributed by atoms with van der Waals surface area (Å²) in [5.41, 5.74) is 0.991. The summed E-state index contributed by atoms with van der Waals surface area (Å²) in [6.45, 7) is 0. The first-order valence-electron chi connectivity index (χ1n) is 9.50. The monoisotopic (exact) mass is 477 g/mol. The van der Waals surface area contributed by atoms with Gasteiger partial charge in [0, 0.05) is 48.1 Å². The molecule has 0 fully saturated rings. The molecule has 0 amide bonds. The quantitative estimate of drug-likeness (QED) is 0.430. The number of aryl methyl sites for hydroxylation is 1. The number of pyridine rings is 1. The minimum absolute atomic E-state index is 0.0620. The van der Waals surface area contributed by atoms with Gasteiger partial charge in [0.05, 0.1) is 19.1 Å². The fraction of sp³-hybridized carbons (Fsp3) is 0.136. The van der Waals surface area contributed by atoms with Gasteiger partial charge in [-0.15, -0.1) is 0 Å². The summed E-state index contributed by atoms with van der Waals surface area (Å²) in [4.78, 5) is 4.15. The number of anilines is 1. The molecule has 0 saturated carbocycles. The largest absolute Gasteiger partial charge is 0.479 e. The molecule has 0 unspecified atom stereocenters. The number of halogens is 3. The number of ether oxygens (including phenoxy) is 2. The minimum Gasteiger partial charge on any atom is -0.479 e. The molecule has 7 nitrogen and oxygen atoms in total. The van der Waals surface area contributed by atoms with E-state index in [0.717, 1.165) is 24.5 Å². The molecule has 172 valence electrons. The number of nitrogens with zero attached hydrogens (tertiary/aromatic N) is 2. The Morgan fingerprint density at radius 3 is 2.42 bits per heavy atom. The van der Waals surface area contributed by atoms with Gasteiger partial charge in [-0.3, -0.25) is 4.72 Å². The van der Waals surface area contributed by atoms with Crippen molar-refractivity contribution < 1.29 is 31.1 Å². The van der Waals surface area contributed by atoms with Crippen LogP contribution >= 0.6 is 0 Å². The lowest BCUT2D eigenvalue weighted by Gasteiger charge is -2.15. The van der Waals surface area contributed by atoms with Crippen LogP contribution < -0.4 is 14.2 Å². The maximum absolute atomic E-state index is 15.3. The SMILES string of the molecule is COc1nccc2c(-c3cc(NS(C)(=O)=O)c(Oc4ccc(F)cc4F)cc3F)cn(C)c12. The smallest absolute Gasteiger partial charge is 0.238 e. The van der Waals surface area contributed by atoms with Crippen molar-refractivity contribution in [3.05, 3.63) is 66.2 Å². The summed E-state index contributed by atoms with van der Waals surface area (Å²) < 4.78 is 81.1. The van der Waals surface area contributed by atoms with Gasteiger partial charge in [0.1, 0.15) is 17.2 Å². The zero-order valence-electron chi connectivity index (χ0n) is 17.7. The van der Waals surface area contributed by atoms with Crippen molar-refractivity contribution in [2.75, 3.05) is 18.1 Å². The lowest BCUT2D eigenvalue weighted by atomic mass is 10.0. The molecular formula is C22H18F3N3O4S. The van der Waals surface area contributed by atoms with Gasteiger partial charge in [0.25, 0.3) is 0 Å². The maximum Gasteiger partial charge on any atom is 0.238 e. The number of methoxy groups -OCH3 is 1. The van der Waals surface area contributed by atoms with E-state index in [2.05, 4.69) is 9.71 Å². The van der Waals surface area contributed by atoms with Crippen LogP contribution in [0.2, 0.25) is 0 Å². The summed E-state index contributed by atoms with van der Waals surface area (Å²) in [7, 11) is -0.613. The van der Waals surface area contributed by atoms with Crippen LogP contribution in [0.15, 0.2) is 48.8 Å². The molecule has 0 saturated heterocycles. The first-order chi connectivity index (χ1) is 15.6. The lowest BCUT2D eigenvalue weighted by Crippen LogP contribution is -2.11. The van der Waals surface area contributed by atoms with E-state index < -0.39 is 33.2 Å². The molecule has 2 aromatic heterocycles. The van der Waals surface area contributed by atoms with Crippen molar-refractivity contribution in [1.82, 2.24) is 9.55 Å². The molecule has 0 aliphatic heterocycles. The van der Waals surface area contributed by atoms with Crippen molar-refractivity contribution >= 4 is 26.6 Å². The van der Waals surface area contributed by atoms with Crippen LogP contribution in [-0.2, 0) is 17.1 Å². The molecule has 4 aromatic rings. The molecule has 0 aliphatic carbocycles. The Bertz CT molecular complexity index is 1490. The van der Waals surface area contributed by atoms with Crippen LogP contribution in [0.5, 0.6) is 17.4 Å². The summed E-state index contributed by atoms with van der Waals surface area (Å²) in [5, 5.41) is 0.617. The Labute approximate surface area is 187 Å². The molecule has 11 heteroatoms. The molecule has 33 heavy (non-hydrogen) atoms. The van der Waals surface area contributed by atoms with Gasteiger partial charge in [0.15, 0.2) is 17.3 Å². The van der Waals surface area contributed by atoms with Crippen molar-refractivity contribution in [3.8, 4) is 28.5 Å². The average Bonchev–Trinajstić information content (AvgIpc) is 3.07. The molecule has 2 aromatic carbocycles. The topological polar surface area (TPSA) is 82.4 Å². The molecular weight excluding hydrogens is 459 g/mol. The Morgan fingerprint density at radius 2 is 1.76 bits per heavy atom. The Morgan fingerprint density at radius 1 is 1.00 bits per heavy atom. The van der Waals surface area contributed by atoms with Crippen LogP contribution in [0, 0.1) is 17.5 Å². The van der Waals surface area contributed by atoms with E-state index in [9.17, 15) is 17.2 Å². The van der Waals surface area contributed by atoms with Crippen molar-refractivity contribution in [3.63, 3.8) is 0 Å². The van der Waals surface area contributed by atoms with Gasteiger partial charge in [-0.25, -0.2) is 26.6 Å². The number of hydrogen-bond acceptors (Lipinski definition) is 5. The number of hydrogen-bond donors (Lipinski definition) is 1. The standard InChI is InChI=1S/C22H18F3N3O4S/c1-28-11-15(13-6-7-26-22(31-2)21(13)28)14-9-18(27-33(3,29)30)20(10-16(14)24)32-19-5-4-12(23)8-17(19)25/h4-11,27H,1-3H3. The Kier molecular flexibility index (Phi) is 5.66. The van der Waals surface area contributed by atoms with E-state index in [1.54, 1.807) is 23.9 Å². The van der Waals surface area contributed by atoms with Crippen LogP contribution in [0.4, 0.5) is 18.9 Å². The second-order valence-electron chi connectivity index (χ2n) is 7.25. The second kappa shape index (κ2) is 8.32. The second-order valence-corrected chi connectivity index (χ2v) is 9.00. The van der Waals surface area contributed by atoms with Crippen molar-refractivity contribution in [2.45, 2.75) is 0 Å². The normalized spacial score (nSPS) is 11.6. The molecule has 0 bridgehead atoms. The summed E-state index contributed by atoms with van der Waals surface area (Å²) >= 11 is 0. The molecule has 4 rings (SSSR count). The van der Waals surface area contributed by atoms with Gasteiger partial charge in [0.2, 0.25) is 15.9 Å². The molecule has 0 spiro atoms. The van der Waals surface area contributed by atoms with Gasteiger partial charge in [-0.1, -0.05) is 0 Å². The van der Waals surface area contributed by atoms with Gasteiger partial charge >= 0.3 is 0 Å². The predicted octanol–water partition coefficient (Wildman–Crippen LogP) is 4.83. The molecule has 0 aliphatic rings. The van der Waals surface area contributed by atoms with Crippen LogP contribution in [0.3, 0.4) is 0 Å². The maximum atomic E-state index is 15.3. The Hall–Kier alpha value is -3.73. The van der Waals surface area contributed by atoms with Crippen LogP contribution in [0.25, 0.3) is 22.0 Å². The highest BCUT2D eigenvalue weighted by Crippen LogP contribution is 2.40. The molecule has 0 radical (unpaired) electrons. The number of aromatic nitrogens is 2.